The Morgan fingerprint density at radius 3 is 2.90 bits per heavy atom. The summed E-state index contributed by atoms with van der Waals surface area (Å²) in [6.07, 6.45) is 5.31. The number of morpholine rings is 1. The van der Waals surface area contributed by atoms with E-state index < -0.39 is 0 Å². The summed E-state index contributed by atoms with van der Waals surface area (Å²) in [5, 5.41) is 3.63. The number of ether oxygens (including phenoxy) is 1. The molecule has 110 valence electrons. The number of aryl methyl sites for hydroxylation is 2. The zero-order chi connectivity index (χ0) is 14.2. The monoisotopic (exact) mass is 273 g/mol. The molecule has 0 aromatic heterocycles. The van der Waals surface area contributed by atoms with E-state index in [-0.39, 0.29) is 11.7 Å². The molecular weight excluding hydrogens is 246 g/mol. The molecule has 2 fully saturated rings. The zero-order valence-corrected chi connectivity index (χ0v) is 13.0. The van der Waals surface area contributed by atoms with Gasteiger partial charge in [-0.2, -0.15) is 0 Å². The fourth-order valence-electron chi connectivity index (χ4n) is 4.06. The van der Waals surface area contributed by atoms with Crippen LogP contribution in [0.3, 0.4) is 0 Å². The van der Waals surface area contributed by atoms with Crippen LogP contribution in [0.15, 0.2) is 18.2 Å². The highest BCUT2D eigenvalue weighted by atomic mass is 16.5. The smallest absolute Gasteiger partial charge is 0.0959 e. The van der Waals surface area contributed by atoms with Gasteiger partial charge in [-0.15, -0.1) is 0 Å². The zero-order valence-electron chi connectivity index (χ0n) is 13.0. The predicted octanol–water partition coefficient (Wildman–Crippen LogP) is 3.91. The fraction of sp³-hybridized carbons (Fsp3) is 0.667. The summed E-state index contributed by atoms with van der Waals surface area (Å²) in [7, 11) is 0. The van der Waals surface area contributed by atoms with E-state index in [1.165, 1.54) is 42.4 Å². The molecule has 1 heterocycles. The van der Waals surface area contributed by atoms with Crippen molar-refractivity contribution < 1.29 is 4.74 Å². The van der Waals surface area contributed by atoms with Crippen molar-refractivity contribution in [2.45, 2.75) is 58.2 Å². The molecule has 0 bridgehead atoms. The SMILES string of the molecule is Cc1ccc(C2CNCC3(CCCC(C)C3)O2)c(C)c1. The van der Waals surface area contributed by atoms with Crippen LogP contribution in [0.2, 0.25) is 0 Å². The predicted molar refractivity (Wildman–Crippen MR) is 83.0 cm³/mol. The van der Waals surface area contributed by atoms with Gasteiger partial charge in [0.25, 0.3) is 0 Å². The minimum atomic E-state index is 0.0813. The van der Waals surface area contributed by atoms with Gasteiger partial charge in [-0.1, -0.05) is 43.5 Å². The van der Waals surface area contributed by atoms with E-state index >= 15 is 0 Å². The number of hydrogen-bond acceptors (Lipinski definition) is 2. The van der Waals surface area contributed by atoms with Crippen LogP contribution in [0.1, 0.15) is 55.4 Å². The Kier molecular flexibility index (Phi) is 3.87. The highest BCUT2D eigenvalue weighted by Gasteiger charge is 2.40. The second-order valence-electron chi connectivity index (χ2n) is 6.98. The standard InChI is InChI=1S/C18H27NO/c1-13-6-7-16(15(3)9-13)17-11-19-12-18(20-17)8-4-5-14(2)10-18/h6-7,9,14,17,19H,4-5,8,10-12H2,1-3H3. The van der Waals surface area contributed by atoms with Crippen LogP contribution in [0.25, 0.3) is 0 Å². The first-order chi connectivity index (χ1) is 9.58. The maximum Gasteiger partial charge on any atom is 0.0959 e. The second-order valence-corrected chi connectivity index (χ2v) is 6.98. The van der Waals surface area contributed by atoms with Gasteiger partial charge in [-0.3, -0.25) is 0 Å². The third kappa shape index (κ3) is 2.77. The summed E-state index contributed by atoms with van der Waals surface area (Å²) >= 11 is 0. The molecular formula is C18H27NO. The van der Waals surface area contributed by atoms with E-state index in [9.17, 15) is 0 Å². The molecule has 3 atom stereocenters. The highest BCUT2D eigenvalue weighted by Crippen LogP contribution is 2.40. The van der Waals surface area contributed by atoms with Gasteiger partial charge in [-0.05, 0) is 43.7 Å². The van der Waals surface area contributed by atoms with Crippen LogP contribution >= 0.6 is 0 Å². The Morgan fingerprint density at radius 2 is 2.15 bits per heavy atom. The molecule has 1 saturated carbocycles. The van der Waals surface area contributed by atoms with Crippen molar-refractivity contribution in [3.63, 3.8) is 0 Å². The Morgan fingerprint density at radius 1 is 1.30 bits per heavy atom. The number of rotatable bonds is 1. The van der Waals surface area contributed by atoms with E-state index in [0.29, 0.717) is 0 Å². The van der Waals surface area contributed by atoms with Gasteiger partial charge in [-0.25, -0.2) is 0 Å². The van der Waals surface area contributed by atoms with Gasteiger partial charge in [0, 0.05) is 13.1 Å². The van der Waals surface area contributed by atoms with Crippen LogP contribution in [0, 0.1) is 19.8 Å². The van der Waals surface area contributed by atoms with Crippen molar-refractivity contribution in [3.8, 4) is 0 Å². The summed E-state index contributed by atoms with van der Waals surface area (Å²) in [4.78, 5) is 0. The molecule has 0 amide bonds. The van der Waals surface area contributed by atoms with E-state index in [1.807, 2.05) is 0 Å². The van der Waals surface area contributed by atoms with Crippen molar-refractivity contribution >= 4 is 0 Å². The average molecular weight is 273 g/mol. The van der Waals surface area contributed by atoms with Gasteiger partial charge in [0.05, 0.1) is 11.7 Å². The molecule has 2 heteroatoms. The summed E-state index contributed by atoms with van der Waals surface area (Å²) < 4.78 is 6.63. The Balaban J connectivity index is 1.81. The van der Waals surface area contributed by atoms with Crippen molar-refractivity contribution in [1.29, 1.82) is 0 Å². The van der Waals surface area contributed by atoms with Gasteiger partial charge >= 0.3 is 0 Å². The lowest BCUT2D eigenvalue weighted by Crippen LogP contribution is -2.53. The maximum absolute atomic E-state index is 6.63. The lowest BCUT2D eigenvalue weighted by atomic mass is 9.77. The molecule has 1 N–H and O–H groups in total. The van der Waals surface area contributed by atoms with E-state index in [0.717, 1.165) is 19.0 Å². The summed E-state index contributed by atoms with van der Waals surface area (Å²) in [5.41, 5.74) is 4.13. The minimum absolute atomic E-state index is 0.0813. The van der Waals surface area contributed by atoms with E-state index in [2.05, 4.69) is 44.3 Å². The summed E-state index contributed by atoms with van der Waals surface area (Å²) in [6.45, 7) is 8.70. The molecule has 1 aromatic carbocycles. The third-order valence-corrected chi connectivity index (χ3v) is 4.99. The number of hydrogen-bond donors (Lipinski definition) is 1. The summed E-state index contributed by atoms with van der Waals surface area (Å²) in [6, 6.07) is 6.72. The lowest BCUT2D eigenvalue weighted by molar-refractivity contribution is -0.143. The van der Waals surface area contributed by atoms with Crippen molar-refractivity contribution in [3.05, 3.63) is 34.9 Å². The van der Waals surface area contributed by atoms with Crippen LogP contribution in [-0.2, 0) is 4.74 Å². The molecule has 1 aromatic rings. The first kappa shape index (κ1) is 14.1. The number of nitrogens with one attached hydrogen (secondary N) is 1. The number of benzene rings is 1. The molecule has 1 spiro atoms. The van der Waals surface area contributed by atoms with Crippen LogP contribution in [0.4, 0.5) is 0 Å². The first-order valence-corrected chi connectivity index (χ1v) is 8.04. The molecule has 0 radical (unpaired) electrons. The van der Waals surface area contributed by atoms with Gasteiger partial charge in [0.2, 0.25) is 0 Å². The van der Waals surface area contributed by atoms with E-state index in [4.69, 9.17) is 4.74 Å². The molecule has 1 aliphatic carbocycles. The normalized spacial score (nSPS) is 34.4. The maximum atomic E-state index is 6.63. The molecule has 3 rings (SSSR count). The van der Waals surface area contributed by atoms with Crippen molar-refractivity contribution in [2.24, 2.45) is 5.92 Å². The lowest BCUT2D eigenvalue weighted by Gasteiger charge is -2.46. The summed E-state index contributed by atoms with van der Waals surface area (Å²) in [5.74, 6) is 0.795. The van der Waals surface area contributed by atoms with Crippen LogP contribution < -0.4 is 5.32 Å². The van der Waals surface area contributed by atoms with Gasteiger partial charge < -0.3 is 10.1 Å². The van der Waals surface area contributed by atoms with Gasteiger partial charge in [0.1, 0.15) is 0 Å². The largest absolute Gasteiger partial charge is 0.364 e. The second kappa shape index (κ2) is 5.50. The van der Waals surface area contributed by atoms with Gasteiger partial charge in [0.15, 0.2) is 0 Å². The Bertz CT molecular complexity index is 480. The molecule has 1 saturated heterocycles. The third-order valence-electron chi connectivity index (χ3n) is 4.99. The topological polar surface area (TPSA) is 21.3 Å². The highest BCUT2D eigenvalue weighted by molar-refractivity contribution is 5.32. The fourth-order valence-corrected chi connectivity index (χ4v) is 4.06. The van der Waals surface area contributed by atoms with Crippen molar-refractivity contribution in [2.75, 3.05) is 13.1 Å². The van der Waals surface area contributed by atoms with Crippen LogP contribution in [-0.4, -0.2) is 18.7 Å². The first-order valence-electron chi connectivity index (χ1n) is 8.04. The molecule has 20 heavy (non-hydrogen) atoms. The average Bonchev–Trinajstić information content (AvgIpc) is 2.38. The van der Waals surface area contributed by atoms with Crippen LogP contribution in [0.5, 0.6) is 0 Å². The quantitative estimate of drug-likeness (QED) is 0.837. The molecule has 1 aliphatic heterocycles. The van der Waals surface area contributed by atoms with E-state index in [1.54, 1.807) is 0 Å². The Labute approximate surface area is 122 Å². The minimum Gasteiger partial charge on any atom is -0.364 e. The molecule has 2 nitrogen and oxygen atoms in total. The van der Waals surface area contributed by atoms with Crippen molar-refractivity contribution in [1.82, 2.24) is 5.32 Å². The molecule has 2 aliphatic rings. The Hall–Kier alpha value is -0.860. The molecule has 3 unspecified atom stereocenters.